The van der Waals surface area contributed by atoms with E-state index in [0.29, 0.717) is 24.7 Å². The smallest absolute Gasteiger partial charge is 0.141 e. The summed E-state index contributed by atoms with van der Waals surface area (Å²) in [5.41, 5.74) is 5.33. The molecule has 2 fully saturated rings. The molecular weight excluding hydrogens is 576 g/mol. The second kappa shape index (κ2) is 12.6. The largest absolute Gasteiger partial charge is 0.346 e. The first-order valence-corrected chi connectivity index (χ1v) is 15.9. The minimum atomic E-state index is 0.161. The number of rotatable bonds is 8. The van der Waals surface area contributed by atoms with Gasteiger partial charge in [-0.05, 0) is 61.5 Å². The van der Waals surface area contributed by atoms with E-state index in [9.17, 15) is 0 Å². The van der Waals surface area contributed by atoms with Crippen LogP contribution in [-0.2, 0) is 0 Å². The van der Waals surface area contributed by atoms with Crippen LogP contribution in [0.15, 0.2) is 62.0 Å². The van der Waals surface area contributed by atoms with E-state index in [1.54, 1.807) is 12.7 Å². The number of hydrogen-bond donors (Lipinski definition) is 2. The molecule has 0 bridgehead atoms. The third-order valence-corrected chi connectivity index (χ3v) is 9.65. The van der Waals surface area contributed by atoms with E-state index in [1.807, 2.05) is 58.7 Å². The van der Waals surface area contributed by atoms with E-state index < -0.39 is 0 Å². The average Bonchev–Trinajstić information content (AvgIpc) is 3.86. The average molecular weight is 613 g/mol. The predicted octanol–water partition coefficient (Wildman–Crippen LogP) is 6.64. The second-order valence-electron chi connectivity index (χ2n) is 12.9. The van der Waals surface area contributed by atoms with Gasteiger partial charge in [0.2, 0.25) is 0 Å². The summed E-state index contributed by atoms with van der Waals surface area (Å²) < 4.78 is 3.91. The van der Waals surface area contributed by atoms with Crippen LogP contribution in [0.4, 0.5) is 0 Å². The number of hydrogen-bond acceptors (Lipinski definition) is 8. The van der Waals surface area contributed by atoms with Crippen molar-refractivity contribution in [1.29, 1.82) is 10.5 Å². The highest BCUT2D eigenvalue weighted by molar-refractivity contribution is 5.90. The third kappa shape index (κ3) is 5.63. The predicted molar refractivity (Wildman–Crippen MR) is 173 cm³/mol. The van der Waals surface area contributed by atoms with Gasteiger partial charge in [-0.2, -0.15) is 20.7 Å². The Labute approximate surface area is 266 Å². The Morgan fingerprint density at radius 3 is 1.54 bits per heavy atom. The lowest BCUT2D eigenvalue weighted by Crippen LogP contribution is -2.30. The van der Waals surface area contributed by atoms with Crippen molar-refractivity contribution in [3.8, 4) is 34.7 Å². The van der Waals surface area contributed by atoms with E-state index in [0.717, 1.165) is 56.4 Å². The Kier molecular flexibility index (Phi) is 8.02. The zero-order valence-electron chi connectivity index (χ0n) is 26.0. The van der Waals surface area contributed by atoms with Gasteiger partial charge in [-0.15, -0.1) is 0 Å². The Morgan fingerprint density at radius 1 is 0.717 bits per heavy atom. The molecule has 8 rings (SSSR count). The number of nitrogens with zero attached hydrogens (tertiary/aromatic N) is 10. The first kappa shape index (κ1) is 29.4. The van der Waals surface area contributed by atoms with Gasteiger partial charge in [0, 0.05) is 46.7 Å². The van der Waals surface area contributed by atoms with E-state index >= 15 is 0 Å². The molecule has 2 aliphatic rings. The van der Waals surface area contributed by atoms with Gasteiger partial charge in [0.15, 0.2) is 0 Å². The maximum atomic E-state index is 9.15. The lowest BCUT2D eigenvalue weighted by atomic mass is 9.71. The monoisotopic (exact) mass is 612 g/mol. The van der Waals surface area contributed by atoms with Crippen molar-refractivity contribution >= 4 is 22.1 Å². The molecule has 2 atom stereocenters. The zero-order valence-corrected chi connectivity index (χ0v) is 26.0. The number of aromatic amines is 2. The van der Waals surface area contributed by atoms with Gasteiger partial charge < -0.3 is 9.97 Å². The maximum Gasteiger partial charge on any atom is 0.141 e. The van der Waals surface area contributed by atoms with Crippen LogP contribution >= 0.6 is 0 Å². The number of aromatic nitrogens is 10. The van der Waals surface area contributed by atoms with Gasteiger partial charge in [-0.25, -0.2) is 19.9 Å². The standard InChI is InChI=1S/2C17H18N6/c2*1-11-6-12(7-11)15(2-4-18)23-9-13(8-22-23)16-14-3-5-19-17(14)21-10-20-16/h2*3,5,8-12,15H,2,6-7H2,1H3,(H,19,20,21). The fraction of sp³-hybridized carbons (Fsp3) is 0.412. The van der Waals surface area contributed by atoms with Crippen molar-refractivity contribution in [2.24, 2.45) is 23.7 Å². The van der Waals surface area contributed by atoms with Crippen LogP contribution in [0, 0.1) is 46.3 Å². The van der Waals surface area contributed by atoms with Crippen molar-refractivity contribution in [1.82, 2.24) is 49.5 Å². The summed E-state index contributed by atoms with van der Waals surface area (Å²) in [5, 5.41) is 29.3. The van der Waals surface area contributed by atoms with Gasteiger partial charge >= 0.3 is 0 Å². The van der Waals surface area contributed by atoms with Crippen molar-refractivity contribution in [3.05, 3.63) is 62.0 Å². The second-order valence-corrected chi connectivity index (χ2v) is 12.9. The summed E-state index contributed by atoms with van der Waals surface area (Å²) >= 11 is 0. The molecule has 0 aliphatic heterocycles. The third-order valence-electron chi connectivity index (χ3n) is 9.65. The lowest BCUT2D eigenvalue weighted by Gasteiger charge is -2.37. The summed E-state index contributed by atoms with van der Waals surface area (Å²) in [6.45, 7) is 4.52. The lowest BCUT2D eigenvalue weighted by molar-refractivity contribution is 0.134. The Balaban J connectivity index is 0.000000147. The van der Waals surface area contributed by atoms with Crippen LogP contribution in [0.1, 0.15) is 64.5 Å². The molecule has 0 spiro atoms. The Hall–Kier alpha value is -5.36. The molecular formula is C34H36N12. The molecule has 46 heavy (non-hydrogen) atoms. The van der Waals surface area contributed by atoms with Gasteiger partial charge in [0.1, 0.15) is 23.9 Å². The first-order chi connectivity index (χ1) is 22.5. The molecule has 0 amide bonds. The summed E-state index contributed by atoms with van der Waals surface area (Å²) in [5.74, 6) is 2.63. The molecule has 6 heterocycles. The van der Waals surface area contributed by atoms with Crippen molar-refractivity contribution in [3.63, 3.8) is 0 Å². The van der Waals surface area contributed by atoms with Crippen LogP contribution in [0.2, 0.25) is 0 Å². The minimum absolute atomic E-state index is 0.161. The molecule has 0 radical (unpaired) electrons. The summed E-state index contributed by atoms with van der Waals surface area (Å²) in [4.78, 5) is 23.5. The molecule has 6 aromatic rings. The van der Waals surface area contributed by atoms with Crippen LogP contribution < -0.4 is 0 Å². The Bertz CT molecular complexity index is 1880. The van der Waals surface area contributed by atoms with Crippen LogP contribution in [0.3, 0.4) is 0 Å². The molecule has 2 aliphatic carbocycles. The fourth-order valence-electron chi connectivity index (χ4n) is 7.19. The van der Waals surface area contributed by atoms with E-state index in [4.69, 9.17) is 10.5 Å². The highest BCUT2D eigenvalue weighted by atomic mass is 15.3. The van der Waals surface area contributed by atoms with Crippen molar-refractivity contribution < 1.29 is 0 Å². The van der Waals surface area contributed by atoms with Gasteiger partial charge in [0.25, 0.3) is 0 Å². The number of H-pyrrole nitrogens is 2. The zero-order chi connectivity index (χ0) is 31.6. The highest BCUT2D eigenvalue weighted by Crippen LogP contribution is 2.43. The molecule has 6 aromatic heterocycles. The van der Waals surface area contributed by atoms with E-state index in [1.165, 1.54) is 25.7 Å². The van der Waals surface area contributed by atoms with Gasteiger partial charge in [-0.3, -0.25) is 9.36 Å². The van der Waals surface area contributed by atoms with E-state index in [-0.39, 0.29) is 12.1 Å². The normalized spacial score (nSPS) is 21.7. The SMILES string of the molecule is CC1CC(C(CC#N)n2cc(-c3ncnc4[nH]ccc34)cn2)C1.CC1CC(C(CC#N)n2cc(-c3ncnc4[nH]ccc34)cn2)C1. The highest BCUT2D eigenvalue weighted by Gasteiger charge is 2.35. The molecule has 232 valence electrons. The molecule has 2 N–H and O–H groups in total. The molecule has 0 aromatic carbocycles. The number of nitrogens with one attached hydrogen (secondary N) is 2. The summed E-state index contributed by atoms with van der Waals surface area (Å²) in [7, 11) is 0. The summed E-state index contributed by atoms with van der Waals surface area (Å²) in [6, 6.07) is 8.90. The maximum absolute atomic E-state index is 9.15. The van der Waals surface area contributed by atoms with Gasteiger partial charge in [-0.1, -0.05) is 13.8 Å². The number of nitriles is 2. The van der Waals surface area contributed by atoms with Crippen LogP contribution in [-0.4, -0.2) is 49.5 Å². The fourth-order valence-corrected chi connectivity index (χ4v) is 7.19. The summed E-state index contributed by atoms with van der Waals surface area (Å²) in [6.07, 6.45) is 20.3. The molecule has 2 unspecified atom stereocenters. The first-order valence-electron chi connectivity index (χ1n) is 15.9. The van der Waals surface area contributed by atoms with E-state index in [2.05, 4.69) is 66.1 Å². The molecule has 0 saturated heterocycles. The van der Waals surface area contributed by atoms with Crippen LogP contribution in [0.25, 0.3) is 44.6 Å². The topological polar surface area (TPSA) is 166 Å². The van der Waals surface area contributed by atoms with Crippen molar-refractivity contribution in [2.45, 2.75) is 64.5 Å². The molecule has 12 heteroatoms. The Morgan fingerprint density at radius 2 is 1.15 bits per heavy atom. The molecule has 2 saturated carbocycles. The van der Waals surface area contributed by atoms with Crippen LogP contribution in [0.5, 0.6) is 0 Å². The minimum Gasteiger partial charge on any atom is -0.346 e. The number of fused-ring (bicyclic) bond motifs is 2. The quantitative estimate of drug-likeness (QED) is 0.193. The van der Waals surface area contributed by atoms with Gasteiger partial charge in [0.05, 0.1) is 60.8 Å². The molecule has 12 nitrogen and oxygen atoms in total. The van der Waals surface area contributed by atoms with Crippen molar-refractivity contribution in [2.75, 3.05) is 0 Å².